The lowest BCUT2D eigenvalue weighted by Gasteiger charge is -2.26. The van der Waals surface area contributed by atoms with Crippen LogP contribution in [0.5, 0.6) is 0 Å². The van der Waals surface area contributed by atoms with E-state index in [0.717, 1.165) is 0 Å². The normalized spacial score (nSPS) is 11.1. The number of rotatable bonds is 5. The summed E-state index contributed by atoms with van der Waals surface area (Å²) in [5.74, 6) is -2.04. The van der Waals surface area contributed by atoms with E-state index in [0.29, 0.717) is 0 Å². The first-order valence-electron chi connectivity index (χ1n) is 5.16. The molecule has 7 nitrogen and oxygen atoms in total. The monoisotopic (exact) mass is 254 g/mol. The van der Waals surface area contributed by atoms with Gasteiger partial charge in [0, 0.05) is 6.20 Å². The largest absolute Gasteiger partial charge is 0.478 e. The van der Waals surface area contributed by atoms with Gasteiger partial charge in [0.1, 0.15) is 5.69 Å². The third-order valence-corrected chi connectivity index (χ3v) is 2.37. The molecular weight excluding hydrogens is 240 g/mol. The predicted molar refractivity (Wildman–Crippen MR) is 61.2 cm³/mol. The van der Waals surface area contributed by atoms with Gasteiger partial charge in [0.25, 0.3) is 5.91 Å². The van der Waals surface area contributed by atoms with E-state index in [9.17, 15) is 9.59 Å². The Bertz CT molecular complexity index is 457. The molecule has 0 spiro atoms. The quantitative estimate of drug-likeness (QED) is 0.549. The van der Waals surface area contributed by atoms with Gasteiger partial charge < -0.3 is 20.6 Å². The fraction of sp³-hybridized carbons (Fsp3) is 0.364. The van der Waals surface area contributed by atoms with Crippen LogP contribution >= 0.6 is 0 Å². The van der Waals surface area contributed by atoms with Gasteiger partial charge in [0.2, 0.25) is 0 Å². The maximum Gasteiger partial charge on any atom is 0.338 e. The van der Waals surface area contributed by atoms with E-state index in [1.807, 2.05) is 0 Å². The van der Waals surface area contributed by atoms with E-state index in [2.05, 4.69) is 10.3 Å². The van der Waals surface area contributed by atoms with E-state index >= 15 is 0 Å². The van der Waals surface area contributed by atoms with Crippen LogP contribution in [0.15, 0.2) is 18.3 Å². The lowest BCUT2D eigenvalue weighted by molar-refractivity contribution is 0.0670. The molecular formula is C11H14N2O5. The second kappa shape index (κ2) is 5.56. The maximum absolute atomic E-state index is 11.8. The molecule has 0 radical (unpaired) electrons. The first kappa shape index (κ1) is 14.1. The molecule has 7 heteroatoms. The molecule has 1 heterocycles. The number of nitrogens with zero attached hydrogens (tertiary/aromatic N) is 1. The Morgan fingerprint density at radius 1 is 1.39 bits per heavy atom. The number of aromatic nitrogens is 1. The Labute approximate surface area is 103 Å². The zero-order valence-corrected chi connectivity index (χ0v) is 9.75. The average Bonchev–Trinajstić information content (AvgIpc) is 2.38. The number of hydrogen-bond acceptors (Lipinski definition) is 5. The molecule has 0 saturated carbocycles. The van der Waals surface area contributed by atoms with Gasteiger partial charge in [0.05, 0.1) is 24.3 Å². The van der Waals surface area contributed by atoms with Crippen LogP contribution in [-0.4, -0.2) is 50.9 Å². The van der Waals surface area contributed by atoms with Crippen LogP contribution < -0.4 is 5.32 Å². The van der Waals surface area contributed by atoms with Crippen molar-refractivity contribution >= 4 is 11.9 Å². The summed E-state index contributed by atoms with van der Waals surface area (Å²) < 4.78 is 0. The number of carboxylic acids is 1. The molecule has 4 N–H and O–H groups in total. The minimum Gasteiger partial charge on any atom is -0.478 e. The van der Waals surface area contributed by atoms with Gasteiger partial charge in [-0.3, -0.25) is 9.78 Å². The zero-order valence-electron chi connectivity index (χ0n) is 9.75. The van der Waals surface area contributed by atoms with Crippen molar-refractivity contribution < 1.29 is 24.9 Å². The second-order valence-electron chi connectivity index (χ2n) is 4.04. The highest BCUT2D eigenvalue weighted by molar-refractivity contribution is 6.03. The minimum absolute atomic E-state index is 0.242. The molecule has 1 amide bonds. The van der Waals surface area contributed by atoms with Crippen molar-refractivity contribution in [2.24, 2.45) is 0 Å². The van der Waals surface area contributed by atoms with Gasteiger partial charge in [-0.15, -0.1) is 0 Å². The van der Waals surface area contributed by atoms with E-state index in [-0.39, 0.29) is 11.3 Å². The molecule has 98 valence electrons. The first-order valence-corrected chi connectivity index (χ1v) is 5.16. The number of amides is 1. The van der Waals surface area contributed by atoms with Crippen molar-refractivity contribution in [3.63, 3.8) is 0 Å². The third kappa shape index (κ3) is 3.02. The molecule has 0 aliphatic rings. The summed E-state index contributed by atoms with van der Waals surface area (Å²) >= 11 is 0. The maximum atomic E-state index is 11.8. The van der Waals surface area contributed by atoms with Crippen molar-refractivity contribution in [1.82, 2.24) is 10.3 Å². The smallest absolute Gasteiger partial charge is 0.338 e. The molecule has 0 fully saturated rings. The number of carbonyl (C=O) groups excluding carboxylic acids is 1. The molecule has 0 saturated heterocycles. The molecule has 0 aliphatic heterocycles. The van der Waals surface area contributed by atoms with Crippen LogP contribution in [0.3, 0.4) is 0 Å². The second-order valence-corrected chi connectivity index (χ2v) is 4.04. The summed E-state index contributed by atoms with van der Waals surface area (Å²) in [6, 6.07) is 2.65. The molecule has 0 bridgehead atoms. The molecule has 1 aromatic rings. The number of nitrogens with one attached hydrogen (secondary N) is 1. The van der Waals surface area contributed by atoms with Crippen LogP contribution in [0.4, 0.5) is 0 Å². The van der Waals surface area contributed by atoms with Crippen molar-refractivity contribution in [2.75, 3.05) is 13.2 Å². The van der Waals surface area contributed by atoms with Gasteiger partial charge in [-0.05, 0) is 19.1 Å². The molecule has 0 aliphatic carbocycles. The van der Waals surface area contributed by atoms with E-state index in [4.69, 9.17) is 15.3 Å². The highest BCUT2D eigenvalue weighted by atomic mass is 16.4. The Kier molecular flexibility index (Phi) is 4.35. The fourth-order valence-corrected chi connectivity index (χ4v) is 1.22. The molecule has 0 atom stereocenters. The topological polar surface area (TPSA) is 120 Å². The van der Waals surface area contributed by atoms with Crippen molar-refractivity contribution in [3.8, 4) is 0 Å². The van der Waals surface area contributed by atoms with Gasteiger partial charge in [-0.1, -0.05) is 0 Å². The average molecular weight is 254 g/mol. The number of hydrogen-bond donors (Lipinski definition) is 4. The number of carboxylic acid groups (broad SMARTS) is 1. The highest BCUT2D eigenvalue weighted by Crippen LogP contribution is 2.08. The Hall–Kier alpha value is -1.99. The summed E-state index contributed by atoms with van der Waals surface area (Å²) in [5.41, 5.74) is -1.74. The summed E-state index contributed by atoms with van der Waals surface area (Å²) in [6.07, 6.45) is 1.29. The lowest BCUT2D eigenvalue weighted by atomic mass is 10.0. The Morgan fingerprint density at radius 3 is 2.50 bits per heavy atom. The number of aliphatic hydroxyl groups is 2. The Morgan fingerprint density at radius 2 is 2.00 bits per heavy atom. The van der Waals surface area contributed by atoms with Crippen molar-refractivity contribution in [2.45, 2.75) is 12.5 Å². The number of aromatic carboxylic acids is 1. The van der Waals surface area contributed by atoms with Gasteiger partial charge >= 0.3 is 5.97 Å². The molecule has 0 unspecified atom stereocenters. The highest BCUT2D eigenvalue weighted by Gasteiger charge is 2.27. The van der Waals surface area contributed by atoms with Gasteiger partial charge in [-0.2, -0.15) is 0 Å². The summed E-state index contributed by atoms with van der Waals surface area (Å²) in [5, 5.41) is 29.3. The first-order chi connectivity index (χ1) is 8.43. The van der Waals surface area contributed by atoms with Crippen LogP contribution in [0.1, 0.15) is 27.8 Å². The van der Waals surface area contributed by atoms with Gasteiger partial charge in [-0.25, -0.2) is 4.79 Å². The Balaban J connectivity index is 3.01. The lowest BCUT2D eigenvalue weighted by Crippen LogP contribution is -2.52. The van der Waals surface area contributed by atoms with Crippen LogP contribution in [0.2, 0.25) is 0 Å². The molecule has 1 aromatic heterocycles. The molecule has 1 rings (SSSR count). The number of pyridine rings is 1. The van der Waals surface area contributed by atoms with E-state index in [1.54, 1.807) is 0 Å². The number of aliphatic hydroxyl groups excluding tert-OH is 2. The van der Waals surface area contributed by atoms with Crippen LogP contribution in [0, 0.1) is 0 Å². The predicted octanol–water partition coefficient (Wildman–Crippen LogP) is -0.747. The standard InChI is InChI=1S/C11H14N2O5/c1-11(5-14,6-15)13-9(16)8-7(10(17)18)3-2-4-12-8/h2-4,14-15H,5-6H2,1H3,(H,13,16)(H,17,18). The van der Waals surface area contributed by atoms with E-state index in [1.165, 1.54) is 25.3 Å². The van der Waals surface area contributed by atoms with Crippen LogP contribution in [-0.2, 0) is 0 Å². The van der Waals surface area contributed by atoms with Gasteiger partial charge in [0.15, 0.2) is 0 Å². The fourth-order valence-electron chi connectivity index (χ4n) is 1.22. The molecule has 18 heavy (non-hydrogen) atoms. The zero-order chi connectivity index (χ0) is 13.8. The summed E-state index contributed by atoms with van der Waals surface area (Å²) in [4.78, 5) is 26.5. The molecule has 0 aromatic carbocycles. The third-order valence-electron chi connectivity index (χ3n) is 2.37. The SMILES string of the molecule is CC(CO)(CO)NC(=O)c1ncccc1C(=O)O. The van der Waals surface area contributed by atoms with Crippen LogP contribution in [0.25, 0.3) is 0 Å². The summed E-state index contributed by atoms with van der Waals surface area (Å²) in [7, 11) is 0. The van der Waals surface area contributed by atoms with Crippen molar-refractivity contribution in [3.05, 3.63) is 29.6 Å². The van der Waals surface area contributed by atoms with Crippen molar-refractivity contribution in [1.29, 1.82) is 0 Å². The number of carbonyl (C=O) groups is 2. The minimum atomic E-state index is -1.28. The van der Waals surface area contributed by atoms with E-state index < -0.39 is 30.6 Å². The summed E-state index contributed by atoms with van der Waals surface area (Å²) in [6.45, 7) is 0.462.